The first-order valence-electron chi connectivity index (χ1n) is 7.08. The van der Waals surface area contributed by atoms with Crippen molar-refractivity contribution in [2.75, 3.05) is 6.61 Å². The molecule has 0 atom stereocenters. The molecule has 0 unspecified atom stereocenters. The lowest BCUT2D eigenvalue weighted by atomic mass is 9.96. The first-order chi connectivity index (χ1) is 9.90. The van der Waals surface area contributed by atoms with E-state index in [1.807, 2.05) is 0 Å². The van der Waals surface area contributed by atoms with E-state index in [0.717, 1.165) is 25.7 Å². The van der Waals surface area contributed by atoms with Crippen molar-refractivity contribution in [1.29, 1.82) is 0 Å². The summed E-state index contributed by atoms with van der Waals surface area (Å²) in [6.07, 6.45) is 3.99. The maximum Gasteiger partial charge on any atom is 0.417 e. The van der Waals surface area contributed by atoms with Gasteiger partial charge in [-0.05, 0) is 53.5 Å². The molecule has 3 rings (SSSR count). The molecule has 1 aliphatic rings. The van der Waals surface area contributed by atoms with Crippen molar-refractivity contribution in [3.8, 4) is 11.1 Å². The van der Waals surface area contributed by atoms with Crippen molar-refractivity contribution >= 4 is 6.47 Å². The minimum absolute atomic E-state index is 0.467. The first-order valence-corrected chi connectivity index (χ1v) is 7.08. The Morgan fingerprint density at radius 3 is 2.75 bits per heavy atom. The summed E-state index contributed by atoms with van der Waals surface area (Å²) >= 11 is 0. The quantitative estimate of drug-likeness (QED) is 0.636. The van der Waals surface area contributed by atoms with E-state index in [0.29, 0.717) is 6.61 Å². The molecule has 0 N–H and O–H groups in total. The molecule has 0 bridgehead atoms. The van der Waals surface area contributed by atoms with Crippen LogP contribution in [0.4, 0.5) is 0 Å². The second kappa shape index (κ2) is 5.91. The van der Waals surface area contributed by atoms with Gasteiger partial charge in [-0.15, -0.1) is 0 Å². The van der Waals surface area contributed by atoms with Gasteiger partial charge in [0.2, 0.25) is 0 Å². The van der Waals surface area contributed by atoms with E-state index in [-0.39, 0.29) is 0 Å². The first kappa shape index (κ1) is 12.9. The molecule has 0 amide bonds. The maximum absolute atomic E-state index is 9.98. The third-order valence-corrected chi connectivity index (χ3v) is 3.91. The van der Waals surface area contributed by atoms with Gasteiger partial charge in [0.15, 0.2) is 0 Å². The summed E-state index contributed by atoms with van der Waals surface area (Å²) in [5.74, 6) is 0. The van der Waals surface area contributed by atoms with Crippen LogP contribution in [-0.4, -0.2) is 13.1 Å². The van der Waals surface area contributed by atoms with Gasteiger partial charge in [-0.1, -0.05) is 42.5 Å². The zero-order chi connectivity index (χ0) is 13.8. The molecule has 20 heavy (non-hydrogen) atoms. The molecule has 101 valence electrons. The second-order valence-corrected chi connectivity index (χ2v) is 5.17. The fourth-order valence-corrected chi connectivity index (χ4v) is 3.01. The summed E-state index contributed by atoms with van der Waals surface area (Å²) in [7, 11) is 0. The number of rotatable bonds is 6. The highest BCUT2D eigenvalue weighted by Crippen LogP contribution is 2.39. The van der Waals surface area contributed by atoms with E-state index in [1.54, 1.807) is 0 Å². The van der Waals surface area contributed by atoms with Crippen LogP contribution in [0.1, 0.15) is 29.5 Å². The molecule has 2 aromatic carbocycles. The SMILES string of the molecule is O=[C]OCCCCc1cccc2c1-c1ccccc1C2. The molecular formula is C18H17O2. The van der Waals surface area contributed by atoms with Gasteiger partial charge in [-0.2, -0.15) is 0 Å². The molecule has 0 aromatic heterocycles. The molecule has 2 nitrogen and oxygen atoms in total. The van der Waals surface area contributed by atoms with Crippen LogP contribution in [-0.2, 0) is 22.4 Å². The van der Waals surface area contributed by atoms with Gasteiger partial charge in [-0.25, -0.2) is 4.79 Å². The molecule has 2 aromatic rings. The van der Waals surface area contributed by atoms with Gasteiger partial charge < -0.3 is 4.74 Å². The lowest BCUT2D eigenvalue weighted by molar-refractivity contribution is 0.270. The Hall–Kier alpha value is -2.09. The third kappa shape index (κ3) is 2.46. The summed E-state index contributed by atoms with van der Waals surface area (Å²) in [4.78, 5) is 9.98. The lowest BCUT2D eigenvalue weighted by Crippen LogP contribution is -1.95. The van der Waals surface area contributed by atoms with Crippen molar-refractivity contribution in [1.82, 2.24) is 0 Å². The highest BCUT2D eigenvalue weighted by atomic mass is 16.5. The van der Waals surface area contributed by atoms with Crippen LogP contribution in [0.5, 0.6) is 0 Å². The molecule has 0 spiro atoms. The molecular weight excluding hydrogens is 248 g/mol. The van der Waals surface area contributed by atoms with Gasteiger partial charge in [0.25, 0.3) is 0 Å². The fraction of sp³-hybridized carbons (Fsp3) is 0.278. The smallest absolute Gasteiger partial charge is 0.417 e. The van der Waals surface area contributed by atoms with Crippen molar-refractivity contribution in [3.63, 3.8) is 0 Å². The van der Waals surface area contributed by atoms with Crippen LogP contribution in [0.3, 0.4) is 0 Å². The fourth-order valence-electron chi connectivity index (χ4n) is 3.01. The predicted octanol–water partition coefficient (Wildman–Crippen LogP) is 3.66. The van der Waals surface area contributed by atoms with Gasteiger partial charge in [0.05, 0.1) is 6.61 Å². The number of hydrogen-bond donors (Lipinski definition) is 0. The Morgan fingerprint density at radius 1 is 1.00 bits per heavy atom. The summed E-state index contributed by atoms with van der Waals surface area (Å²) < 4.78 is 4.61. The molecule has 1 radical (unpaired) electrons. The largest absolute Gasteiger partial charge is 0.457 e. The molecule has 0 fully saturated rings. The number of aryl methyl sites for hydroxylation is 1. The number of carbonyl (C=O) groups excluding carboxylic acids is 1. The second-order valence-electron chi connectivity index (χ2n) is 5.17. The Morgan fingerprint density at radius 2 is 1.85 bits per heavy atom. The van der Waals surface area contributed by atoms with Crippen LogP contribution in [0.15, 0.2) is 42.5 Å². The van der Waals surface area contributed by atoms with E-state index in [1.165, 1.54) is 34.3 Å². The lowest BCUT2D eigenvalue weighted by Gasteiger charge is -2.09. The average molecular weight is 265 g/mol. The van der Waals surface area contributed by atoms with Crippen molar-refractivity contribution < 1.29 is 9.53 Å². The van der Waals surface area contributed by atoms with Gasteiger partial charge in [0, 0.05) is 0 Å². The molecule has 1 aliphatic carbocycles. The summed E-state index contributed by atoms with van der Waals surface area (Å²) in [5, 5.41) is 0. The van der Waals surface area contributed by atoms with Crippen molar-refractivity contribution in [2.45, 2.75) is 25.7 Å². The Balaban J connectivity index is 1.78. The topological polar surface area (TPSA) is 26.3 Å². The summed E-state index contributed by atoms with van der Waals surface area (Å²) in [5.41, 5.74) is 7.07. The van der Waals surface area contributed by atoms with Crippen LogP contribution in [0.2, 0.25) is 0 Å². The molecule has 2 heteroatoms. The van der Waals surface area contributed by atoms with E-state index >= 15 is 0 Å². The molecule has 0 aliphatic heterocycles. The average Bonchev–Trinajstić information content (AvgIpc) is 2.86. The Bertz CT molecular complexity index is 617. The van der Waals surface area contributed by atoms with E-state index in [4.69, 9.17) is 0 Å². The highest BCUT2D eigenvalue weighted by molar-refractivity contribution is 5.79. The standard InChI is InChI=1S/C18H17O2/c19-13-20-11-4-3-6-14-8-5-9-16-12-15-7-1-2-10-17(15)18(14)16/h1-2,5,7-10H,3-4,6,11-12H2. The Labute approximate surface area is 119 Å². The highest BCUT2D eigenvalue weighted by Gasteiger charge is 2.20. The Kier molecular flexibility index (Phi) is 3.82. The van der Waals surface area contributed by atoms with Crippen molar-refractivity contribution in [2.24, 2.45) is 0 Å². The minimum Gasteiger partial charge on any atom is -0.457 e. The molecule has 0 saturated heterocycles. The minimum atomic E-state index is 0.467. The number of benzene rings is 2. The molecule has 0 saturated carbocycles. The normalized spacial score (nSPS) is 11.8. The third-order valence-electron chi connectivity index (χ3n) is 3.91. The predicted molar refractivity (Wildman–Crippen MR) is 79.3 cm³/mol. The number of unbranched alkanes of at least 4 members (excludes halogenated alkanes) is 1. The van der Waals surface area contributed by atoms with Gasteiger partial charge in [-0.3, -0.25) is 0 Å². The van der Waals surface area contributed by atoms with E-state index < -0.39 is 0 Å². The molecule has 0 heterocycles. The zero-order valence-electron chi connectivity index (χ0n) is 11.4. The zero-order valence-corrected chi connectivity index (χ0v) is 11.4. The maximum atomic E-state index is 9.98. The van der Waals surface area contributed by atoms with Gasteiger partial charge in [0.1, 0.15) is 0 Å². The van der Waals surface area contributed by atoms with Crippen LogP contribution in [0, 0.1) is 0 Å². The number of fused-ring (bicyclic) bond motifs is 3. The summed E-state index contributed by atoms with van der Waals surface area (Å²) in [6, 6.07) is 15.2. The van der Waals surface area contributed by atoms with Gasteiger partial charge >= 0.3 is 6.47 Å². The monoisotopic (exact) mass is 265 g/mol. The van der Waals surface area contributed by atoms with Crippen LogP contribution in [0.25, 0.3) is 11.1 Å². The number of ether oxygens (including phenoxy) is 1. The van der Waals surface area contributed by atoms with Crippen molar-refractivity contribution in [3.05, 3.63) is 59.2 Å². The van der Waals surface area contributed by atoms with Crippen LogP contribution >= 0.6 is 0 Å². The number of hydrogen-bond acceptors (Lipinski definition) is 2. The summed E-state index contributed by atoms with van der Waals surface area (Å²) in [6.45, 7) is 1.94. The van der Waals surface area contributed by atoms with E-state index in [2.05, 4.69) is 47.2 Å². The van der Waals surface area contributed by atoms with Crippen LogP contribution < -0.4 is 0 Å². The van der Waals surface area contributed by atoms with E-state index in [9.17, 15) is 4.79 Å².